The van der Waals surface area contributed by atoms with Gasteiger partial charge in [-0.3, -0.25) is 52.7 Å². The number of carbonyl (C=O) groups excluding carboxylic acids is 11. The van der Waals surface area contributed by atoms with Gasteiger partial charge < -0.3 is 60.7 Å². The topological polar surface area (TPSA) is 279 Å². The van der Waals surface area contributed by atoms with Crippen LogP contribution in [0.3, 0.4) is 0 Å². The van der Waals surface area contributed by atoms with E-state index < -0.39 is 162 Å². The van der Waals surface area contributed by atoms with E-state index in [0.29, 0.717) is 6.42 Å². The molecule has 0 spiro atoms. The van der Waals surface area contributed by atoms with Gasteiger partial charge in [0.05, 0.1) is 12.6 Å². The van der Waals surface area contributed by atoms with E-state index in [1.54, 1.807) is 74.5 Å². The van der Waals surface area contributed by atoms with Crippen LogP contribution in [0.2, 0.25) is 0 Å². The SMILES string of the molecule is C/C=C/C[C@@H](C)C(O)C1C(=O)N[C@H](CC)C(=O)N(C)CC(=O)N(C)[C@@H](C(C)C)C(=O)N[C@@H](C(C)C)C(=O)N(C)C(CC(C)C)C(=O)N[C@@H](C)C(=O)N[C@H](C)C(=O)N(C)[C@@H](CC(C)C)C(=O)N(C)[C@@H](CC(C)C)C(=O)N(C)[C@@H](C(C)C)C(=O)N1C. The summed E-state index contributed by atoms with van der Waals surface area (Å²) in [6.07, 6.45) is 2.88. The number of allylic oxidation sites excluding steroid dienone is 2. The quantitative estimate of drug-likeness (QED) is 0.157. The minimum Gasteiger partial charge on any atom is -0.390 e. The van der Waals surface area contributed by atoms with Gasteiger partial charge in [0.25, 0.3) is 0 Å². The second-order valence-corrected chi connectivity index (χ2v) is 25.6. The molecule has 0 aromatic carbocycles. The fraction of sp³-hybridized carbons (Fsp3) is 0.787. The zero-order valence-electron chi connectivity index (χ0n) is 55.4. The van der Waals surface area contributed by atoms with Gasteiger partial charge in [0, 0.05) is 49.3 Å². The zero-order valence-corrected chi connectivity index (χ0v) is 55.4. The molecule has 0 saturated carbocycles. The maximum atomic E-state index is 15.1. The Kier molecular flexibility index (Phi) is 30.8. The number of nitrogens with zero attached hydrogens (tertiary/aromatic N) is 7. The van der Waals surface area contributed by atoms with Crippen molar-refractivity contribution in [1.82, 2.24) is 55.6 Å². The summed E-state index contributed by atoms with van der Waals surface area (Å²) in [6, 6.07) is -12.4. The first-order valence-corrected chi connectivity index (χ1v) is 30.1. The molecule has 1 aliphatic heterocycles. The lowest BCUT2D eigenvalue weighted by atomic mass is 9.91. The predicted molar refractivity (Wildman–Crippen MR) is 324 cm³/mol. The number of carbonyl (C=O) groups is 11. The molecule has 0 radical (unpaired) electrons. The van der Waals surface area contributed by atoms with E-state index in [1.165, 1.54) is 87.7 Å². The zero-order chi connectivity index (χ0) is 65.3. The number of hydrogen-bond donors (Lipinski definition) is 5. The Bertz CT molecular complexity index is 2310. The third-order valence-corrected chi connectivity index (χ3v) is 15.9. The smallest absolute Gasteiger partial charge is 0.246 e. The summed E-state index contributed by atoms with van der Waals surface area (Å²) >= 11 is 0. The maximum absolute atomic E-state index is 15.1. The van der Waals surface area contributed by atoms with Gasteiger partial charge >= 0.3 is 0 Å². The van der Waals surface area contributed by atoms with Crippen molar-refractivity contribution >= 4 is 65.0 Å². The van der Waals surface area contributed by atoms with Crippen molar-refractivity contribution in [2.45, 2.75) is 216 Å². The van der Waals surface area contributed by atoms with E-state index in [4.69, 9.17) is 0 Å². The van der Waals surface area contributed by atoms with Crippen LogP contribution < -0.4 is 21.3 Å². The fourth-order valence-corrected chi connectivity index (χ4v) is 10.7. The molecule has 0 aromatic rings. The van der Waals surface area contributed by atoms with Crippen LogP contribution in [0.4, 0.5) is 0 Å². The Morgan fingerprint density at radius 3 is 1.35 bits per heavy atom. The highest BCUT2D eigenvalue weighted by Crippen LogP contribution is 2.25. The minimum atomic E-state index is -1.61. The molecule has 12 atom stereocenters. The first-order chi connectivity index (χ1) is 38.7. The second kappa shape index (κ2) is 34.1. The van der Waals surface area contributed by atoms with Crippen molar-refractivity contribution in [1.29, 1.82) is 0 Å². The molecule has 0 aromatic heterocycles. The number of nitrogens with one attached hydrogen (secondary N) is 4. The first-order valence-electron chi connectivity index (χ1n) is 30.1. The van der Waals surface area contributed by atoms with Crippen LogP contribution in [0.1, 0.15) is 150 Å². The lowest BCUT2D eigenvalue weighted by Gasteiger charge is -2.41. The van der Waals surface area contributed by atoms with Gasteiger partial charge in [-0.05, 0) is 94.3 Å². The molecule has 3 unspecified atom stereocenters. The van der Waals surface area contributed by atoms with Gasteiger partial charge in [-0.25, -0.2) is 0 Å². The van der Waals surface area contributed by atoms with Gasteiger partial charge in [-0.2, -0.15) is 0 Å². The number of rotatable bonds is 14. The molecule has 0 bridgehead atoms. The van der Waals surface area contributed by atoms with Crippen LogP contribution in [-0.2, 0) is 52.7 Å². The first kappa shape index (κ1) is 75.9. The van der Waals surface area contributed by atoms with Crippen LogP contribution in [0.5, 0.6) is 0 Å². The number of hydrogen-bond acceptors (Lipinski definition) is 12. The lowest BCUT2D eigenvalue weighted by molar-refractivity contribution is -0.157. The lowest BCUT2D eigenvalue weighted by Crippen LogP contribution is -2.63. The summed E-state index contributed by atoms with van der Waals surface area (Å²) in [7, 11) is 9.88. The largest absolute Gasteiger partial charge is 0.390 e. The third kappa shape index (κ3) is 20.5. The normalized spacial score (nSPS) is 27.1. The maximum Gasteiger partial charge on any atom is 0.246 e. The van der Waals surface area contributed by atoms with Gasteiger partial charge in [0.15, 0.2) is 0 Å². The molecule has 1 fully saturated rings. The summed E-state index contributed by atoms with van der Waals surface area (Å²) in [4.78, 5) is 168. The van der Waals surface area contributed by atoms with Gasteiger partial charge in [-0.1, -0.05) is 109 Å². The standard InChI is InChI=1S/C61H109N11O12/c1-25-27-28-39(15)51(74)50-55(78)64-42(26-2)57(80)66(18)32-46(73)70(22)48(37(11)12)54(77)65-47(36(9)10)60(83)67(19)43(29-33(3)4)53(76)62-40(16)52(75)63-41(17)56(79)68(20)44(30-34(5)6)58(81)69(21)45(31-35(7)8)59(82)71(23)49(38(13)14)61(84)72(50)24/h25,27,33-45,47-51,74H,26,28-32H2,1-24H3,(H,62,76)(H,63,75)(H,64,78)(H,65,77)/b27-25+/t39-,40+,41-,42-,43?,44+,45+,47+,48+,49+,50?,51?/m1/s1. The average Bonchev–Trinajstić information content (AvgIpc) is 3.42. The summed E-state index contributed by atoms with van der Waals surface area (Å²) in [5, 5.41) is 23.0. The Hall–Kier alpha value is -6.13. The molecule has 1 aliphatic rings. The molecule has 5 N–H and O–H groups in total. The highest BCUT2D eigenvalue weighted by atomic mass is 16.3. The van der Waals surface area contributed by atoms with Crippen LogP contribution in [0.25, 0.3) is 0 Å². The molecule has 84 heavy (non-hydrogen) atoms. The van der Waals surface area contributed by atoms with Gasteiger partial charge in [-0.15, -0.1) is 0 Å². The molecule has 23 nitrogen and oxygen atoms in total. The van der Waals surface area contributed by atoms with Crippen molar-refractivity contribution in [2.24, 2.45) is 41.4 Å². The summed E-state index contributed by atoms with van der Waals surface area (Å²) in [6.45, 7) is 29.0. The van der Waals surface area contributed by atoms with Crippen molar-refractivity contribution in [3.63, 3.8) is 0 Å². The van der Waals surface area contributed by atoms with E-state index in [-0.39, 0.29) is 43.4 Å². The summed E-state index contributed by atoms with van der Waals surface area (Å²) < 4.78 is 0. The molecular formula is C61H109N11O12. The molecule has 1 rings (SSSR count). The minimum absolute atomic E-state index is 0.0215. The monoisotopic (exact) mass is 1190 g/mol. The van der Waals surface area contributed by atoms with E-state index in [2.05, 4.69) is 21.3 Å². The van der Waals surface area contributed by atoms with Gasteiger partial charge in [0.1, 0.15) is 60.4 Å². The molecule has 0 aliphatic carbocycles. The van der Waals surface area contributed by atoms with E-state index >= 15 is 9.59 Å². The molecule has 23 heteroatoms. The number of aliphatic hydroxyl groups excluding tert-OH is 1. The molecule has 11 amide bonds. The summed E-state index contributed by atoms with van der Waals surface area (Å²) in [5.74, 6) is -10.1. The molecular weight excluding hydrogens is 1080 g/mol. The van der Waals surface area contributed by atoms with Crippen LogP contribution in [-0.4, -0.2) is 227 Å². The fourth-order valence-electron chi connectivity index (χ4n) is 10.7. The van der Waals surface area contributed by atoms with Crippen molar-refractivity contribution in [3.05, 3.63) is 12.2 Å². The van der Waals surface area contributed by atoms with E-state index in [0.717, 1.165) is 9.80 Å². The second-order valence-electron chi connectivity index (χ2n) is 25.6. The van der Waals surface area contributed by atoms with Crippen LogP contribution >= 0.6 is 0 Å². The molecule has 1 heterocycles. The Morgan fingerprint density at radius 2 is 0.893 bits per heavy atom. The molecule has 1 saturated heterocycles. The predicted octanol–water partition coefficient (Wildman–Crippen LogP) is 2.88. The number of aliphatic hydroxyl groups is 1. The average molecular weight is 1190 g/mol. The van der Waals surface area contributed by atoms with Crippen molar-refractivity contribution in [3.8, 4) is 0 Å². The van der Waals surface area contributed by atoms with E-state index in [1.807, 2.05) is 41.5 Å². The summed E-state index contributed by atoms with van der Waals surface area (Å²) in [5.41, 5.74) is 0. The van der Waals surface area contributed by atoms with Crippen LogP contribution in [0, 0.1) is 41.4 Å². The highest BCUT2D eigenvalue weighted by Gasteiger charge is 2.46. The Labute approximate surface area is 502 Å². The van der Waals surface area contributed by atoms with E-state index in [9.17, 15) is 48.3 Å². The molecule has 480 valence electrons. The van der Waals surface area contributed by atoms with Crippen molar-refractivity contribution in [2.75, 3.05) is 55.9 Å². The Morgan fingerprint density at radius 1 is 0.464 bits per heavy atom. The number of amides is 11. The van der Waals surface area contributed by atoms with Crippen molar-refractivity contribution < 1.29 is 57.8 Å². The Balaban J connectivity index is 4.30. The highest BCUT2D eigenvalue weighted by molar-refractivity contribution is 5.99. The number of likely N-dealkylation sites (N-methyl/N-ethyl adjacent to an activating group) is 7. The van der Waals surface area contributed by atoms with Gasteiger partial charge in [0.2, 0.25) is 65.0 Å². The third-order valence-electron chi connectivity index (χ3n) is 15.9. The van der Waals surface area contributed by atoms with Crippen LogP contribution in [0.15, 0.2) is 12.2 Å².